The molecule has 0 aromatic rings. The zero-order chi connectivity index (χ0) is 22.8. The number of hydrogen-bond acceptors (Lipinski definition) is 6. The Morgan fingerprint density at radius 3 is 2.06 bits per heavy atom. The normalized spacial score (nSPS) is 38.7. The first-order chi connectivity index (χ1) is 16.1. The summed E-state index contributed by atoms with van der Waals surface area (Å²) in [6, 6.07) is 1.01. The van der Waals surface area contributed by atoms with Crippen molar-refractivity contribution in [1.82, 2.24) is 10.2 Å². The van der Waals surface area contributed by atoms with Crippen molar-refractivity contribution in [2.24, 2.45) is 17.8 Å². The molecule has 7 heteroatoms. The number of carbonyl (C=O) groups excluding carboxylic acids is 3. The molecular weight excluding hydrogens is 436 g/mol. The van der Waals surface area contributed by atoms with Gasteiger partial charge in [-0.3, -0.25) is 19.3 Å². The van der Waals surface area contributed by atoms with Gasteiger partial charge in [-0.25, -0.2) is 0 Å². The number of nitrogens with zero attached hydrogens (tertiary/aromatic N) is 1. The average molecular weight is 475 g/mol. The Morgan fingerprint density at radius 2 is 1.45 bits per heavy atom. The quantitative estimate of drug-likeness (QED) is 0.466. The Kier molecular flexibility index (Phi) is 7.45. The maximum absolute atomic E-state index is 13.5. The number of fused-ring (bicyclic) bond motifs is 2. The molecule has 2 heterocycles. The number of amides is 2. The fourth-order valence-corrected chi connectivity index (χ4v) is 8.28. The van der Waals surface area contributed by atoms with Crippen LogP contribution in [0.1, 0.15) is 77.0 Å². The fourth-order valence-electron chi connectivity index (χ4n) is 7.06. The maximum Gasteiger partial charge on any atom is 0.309 e. The van der Waals surface area contributed by atoms with Crippen LogP contribution in [-0.4, -0.2) is 58.4 Å². The lowest BCUT2D eigenvalue weighted by Gasteiger charge is -2.51. The first kappa shape index (κ1) is 23.4. The van der Waals surface area contributed by atoms with Gasteiger partial charge in [-0.2, -0.15) is 11.8 Å². The van der Waals surface area contributed by atoms with E-state index in [0.717, 1.165) is 31.4 Å². The summed E-state index contributed by atoms with van der Waals surface area (Å²) in [4.78, 5) is 38.2. The smallest absolute Gasteiger partial charge is 0.309 e. The summed E-state index contributed by atoms with van der Waals surface area (Å²) in [6.45, 7) is 0.477. The Bertz CT molecular complexity index is 738. The minimum atomic E-state index is -0.199. The van der Waals surface area contributed by atoms with Crippen LogP contribution in [-0.2, 0) is 19.1 Å². The highest BCUT2D eigenvalue weighted by Crippen LogP contribution is 2.45. The molecule has 6 nitrogen and oxygen atoms in total. The van der Waals surface area contributed by atoms with Gasteiger partial charge >= 0.3 is 5.97 Å². The third-order valence-electron chi connectivity index (χ3n) is 8.73. The van der Waals surface area contributed by atoms with Crippen molar-refractivity contribution in [3.05, 3.63) is 12.2 Å². The van der Waals surface area contributed by atoms with Crippen LogP contribution in [0.2, 0.25) is 0 Å². The standard InChI is InChI=1S/C26H38N2O4S/c29-23-13-14-24(30)28(23)15-16-33-18-11-9-17(10-12-18)32-26(31)25-19-5-1-3-7-21(19)27-22-8-4-2-6-20(22)25/h13-14,17-22,25,27H,1-12,15-16H2. The molecule has 0 bridgehead atoms. The van der Waals surface area contributed by atoms with E-state index in [9.17, 15) is 14.4 Å². The Hall–Kier alpha value is -1.34. The van der Waals surface area contributed by atoms with Crippen molar-refractivity contribution in [1.29, 1.82) is 0 Å². The molecule has 0 aromatic heterocycles. The van der Waals surface area contributed by atoms with Gasteiger partial charge in [0.25, 0.3) is 11.8 Å². The van der Waals surface area contributed by atoms with Gasteiger partial charge in [0.15, 0.2) is 0 Å². The van der Waals surface area contributed by atoms with Gasteiger partial charge < -0.3 is 10.1 Å². The minimum absolute atomic E-state index is 0.0549. The van der Waals surface area contributed by atoms with Crippen LogP contribution in [0.25, 0.3) is 0 Å². The maximum atomic E-state index is 13.5. The van der Waals surface area contributed by atoms with Crippen LogP contribution in [0, 0.1) is 17.8 Å². The molecule has 2 amide bonds. The van der Waals surface area contributed by atoms with E-state index in [1.807, 2.05) is 11.8 Å². The van der Waals surface area contributed by atoms with Gasteiger partial charge in [-0.15, -0.1) is 0 Å². The molecule has 3 aliphatic carbocycles. The zero-order valence-corrected chi connectivity index (χ0v) is 20.4. The molecule has 4 fully saturated rings. The summed E-state index contributed by atoms with van der Waals surface area (Å²) in [5.74, 6) is 1.49. The second-order valence-corrected chi connectivity index (χ2v) is 12.1. The topological polar surface area (TPSA) is 75.7 Å². The number of imide groups is 1. The van der Waals surface area contributed by atoms with Gasteiger partial charge in [-0.05, 0) is 63.2 Å². The first-order valence-electron chi connectivity index (χ1n) is 13.2. The number of nitrogens with one attached hydrogen (secondary N) is 1. The highest BCUT2D eigenvalue weighted by molar-refractivity contribution is 7.99. The fraction of sp³-hybridized carbons (Fsp3) is 0.808. The van der Waals surface area contributed by atoms with E-state index in [2.05, 4.69) is 5.32 Å². The van der Waals surface area contributed by atoms with E-state index < -0.39 is 0 Å². The number of piperidine rings is 1. The predicted octanol–water partition coefficient (Wildman–Crippen LogP) is 3.84. The van der Waals surface area contributed by atoms with E-state index >= 15 is 0 Å². The first-order valence-corrected chi connectivity index (χ1v) is 14.3. The molecule has 33 heavy (non-hydrogen) atoms. The number of esters is 1. The number of ether oxygens (including phenoxy) is 1. The summed E-state index contributed by atoms with van der Waals surface area (Å²) < 4.78 is 6.21. The molecule has 4 unspecified atom stereocenters. The Labute approximate surface area is 201 Å². The molecule has 5 rings (SSSR count). The molecular formula is C26H38N2O4S. The molecule has 0 spiro atoms. The lowest BCUT2D eigenvalue weighted by atomic mass is 9.62. The Morgan fingerprint density at radius 1 is 0.879 bits per heavy atom. The molecule has 2 aliphatic heterocycles. The summed E-state index contributed by atoms with van der Waals surface area (Å²) in [5.41, 5.74) is 0. The average Bonchev–Trinajstić information content (AvgIpc) is 3.15. The van der Waals surface area contributed by atoms with Gasteiger partial charge in [0.05, 0.1) is 5.92 Å². The van der Waals surface area contributed by atoms with E-state index in [1.54, 1.807) is 0 Å². The number of carbonyl (C=O) groups is 3. The highest BCUT2D eigenvalue weighted by Gasteiger charge is 2.49. The van der Waals surface area contributed by atoms with E-state index in [-0.39, 0.29) is 29.8 Å². The summed E-state index contributed by atoms with van der Waals surface area (Å²) in [6.07, 6.45) is 16.5. The molecule has 0 radical (unpaired) electrons. The van der Waals surface area contributed by atoms with Gasteiger partial charge in [0.1, 0.15) is 6.10 Å². The summed E-state index contributed by atoms with van der Waals surface area (Å²) in [5, 5.41) is 4.46. The molecule has 3 saturated carbocycles. The summed E-state index contributed by atoms with van der Waals surface area (Å²) in [7, 11) is 0. The van der Waals surface area contributed by atoms with Crippen LogP contribution >= 0.6 is 11.8 Å². The molecule has 4 atom stereocenters. The van der Waals surface area contributed by atoms with Gasteiger partial charge in [0, 0.05) is 41.8 Å². The van der Waals surface area contributed by atoms with E-state index in [0.29, 0.717) is 35.7 Å². The monoisotopic (exact) mass is 474 g/mol. The minimum Gasteiger partial charge on any atom is -0.462 e. The number of rotatable bonds is 6. The second kappa shape index (κ2) is 10.5. The van der Waals surface area contributed by atoms with Crippen molar-refractivity contribution in [2.45, 2.75) is 100 Å². The van der Waals surface area contributed by atoms with Crippen molar-refractivity contribution < 1.29 is 19.1 Å². The van der Waals surface area contributed by atoms with Crippen LogP contribution in [0.4, 0.5) is 0 Å². The Balaban J connectivity index is 1.10. The predicted molar refractivity (Wildman–Crippen MR) is 129 cm³/mol. The summed E-state index contributed by atoms with van der Waals surface area (Å²) >= 11 is 1.84. The van der Waals surface area contributed by atoms with Crippen molar-refractivity contribution in [3.8, 4) is 0 Å². The zero-order valence-electron chi connectivity index (χ0n) is 19.6. The van der Waals surface area contributed by atoms with Gasteiger partial charge in [-0.1, -0.05) is 25.7 Å². The van der Waals surface area contributed by atoms with Crippen molar-refractivity contribution in [3.63, 3.8) is 0 Å². The van der Waals surface area contributed by atoms with Crippen LogP contribution in [0.5, 0.6) is 0 Å². The lowest BCUT2D eigenvalue weighted by molar-refractivity contribution is -0.165. The van der Waals surface area contributed by atoms with E-state index in [1.165, 1.54) is 68.4 Å². The highest BCUT2D eigenvalue weighted by atomic mass is 32.2. The van der Waals surface area contributed by atoms with Crippen LogP contribution < -0.4 is 5.32 Å². The van der Waals surface area contributed by atoms with Gasteiger partial charge in [0.2, 0.25) is 0 Å². The molecule has 5 aliphatic rings. The van der Waals surface area contributed by atoms with E-state index in [4.69, 9.17) is 4.74 Å². The van der Waals surface area contributed by atoms with Crippen molar-refractivity contribution in [2.75, 3.05) is 12.3 Å². The molecule has 182 valence electrons. The largest absolute Gasteiger partial charge is 0.462 e. The molecule has 1 saturated heterocycles. The molecule has 1 N–H and O–H groups in total. The third-order valence-corrected chi connectivity index (χ3v) is 10.1. The van der Waals surface area contributed by atoms with Crippen LogP contribution in [0.3, 0.4) is 0 Å². The third kappa shape index (κ3) is 5.19. The number of thioether (sulfide) groups is 1. The lowest BCUT2D eigenvalue weighted by Crippen LogP contribution is -2.60. The molecule has 0 aromatic carbocycles. The second-order valence-electron chi connectivity index (χ2n) is 10.7. The SMILES string of the molecule is O=C(OC1CCC(SCCN2C(=O)C=CC2=O)CC1)C1C2CCCCC2NC2CCCCC21. The number of hydrogen-bond donors (Lipinski definition) is 1. The van der Waals surface area contributed by atoms with Crippen molar-refractivity contribution >= 4 is 29.5 Å². The van der Waals surface area contributed by atoms with Crippen LogP contribution in [0.15, 0.2) is 12.2 Å².